The third kappa shape index (κ3) is 1.54. The molecule has 0 amide bonds. The van der Waals surface area contributed by atoms with Crippen molar-refractivity contribution >= 4 is 34.2 Å². The molecule has 0 saturated heterocycles. The largest absolute Gasteiger partial charge is 0.378 e. The number of ether oxygens (including phenoxy) is 1. The Hall–Kier alpha value is -0.910. The Kier molecular flexibility index (Phi) is 2.54. The van der Waals surface area contributed by atoms with Crippen molar-refractivity contribution in [3.8, 4) is 0 Å². The predicted octanol–water partition coefficient (Wildman–Crippen LogP) is 1.81. The van der Waals surface area contributed by atoms with Crippen molar-refractivity contribution in [1.82, 2.24) is 20.2 Å². The lowest BCUT2D eigenvalue weighted by Gasteiger charge is -1.95. The molecular weight excluding hydrogens is 227 g/mol. The maximum Gasteiger partial charge on any atom is 0.224 e. The van der Waals surface area contributed by atoms with Crippen molar-refractivity contribution in [1.29, 1.82) is 0 Å². The van der Waals surface area contributed by atoms with Crippen LogP contribution in [0.1, 0.15) is 5.69 Å². The first-order chi connectivity index (χ1) is 6.72. The molecule has 1 N–H and O–H groups in total. The van der Waals surface area contributed by atoms with Gasteiger partial charge in [0.05, 0.1) is 12.3 Å². The Bertz CT molecular complexity index is 470. The van der Waals surface area contributed by atoms with Crippen molar-refractivity contribution in [3.05, 3.63) is 16.1 Å². The van der Waals surface area contributed by atoms with Crippen LogP contribution in [0.2, 0.25) is 10.4 Å². The van der Waals surface area contributed by atoms with E-state index in [4.69, 9.17) is 27.9 Å². The molecule has 0 atom stereocenters. The van der Waals surface area contributed by atoms with Crippen LogP contribution in [0.3, 0.4) is 0 Å². The summed E-state index contributed by atoms with van der Waals surface area (Å²) in [7, 11) is 1.58. The summed E-state index contributed by atoms with van der Waals surface area (Å²) in [6.07, 6.45) is 0. The summed E-state index contributed by atoms with van der Waals surface area (Å²) >= 11 is 11.5. The van der Waals surface area contributed by atoms with Crippen molar-refractivity contribution in [3.63, 3.8) is 0 Å². The molecule has 7 heteroatoms. The van der Waals surface area contributed by atoms with Gasteiger partial charge in [0.15, 0.2) is 5.15 Å². The summed E-state index contributed by atoms with van der Waals surface area (Å²) in [4.78, 5) is 7.78. The molecule has 0 aromatic carbocycles. The third-order valence-corrected chi connectivity index (χ3v) is 2.12. The SMILES string of the molecule is COCc1[nH]nc2c(Cl)nc(Cl)nc12. The highest BCUT2D eigenvalue weighted by Crippen LogP contribution is 2.22. The second-order valence-electron chi connectivity index (χ2n) is 2.62. The Morgan fingerprint density at radius 3 is 2.79 bits per heavy atom. The van der Waals surface area contributed by atoms with Gasteiger partial charge in [0.2, 0.25) is 5.28 Å². The summed E-state index contributed by atoms with van der Waals surface area (Å²) in [5, 5.41) is 7.05. The number of fused-ring (bicyclic) bond motifs is 1. The average Bonchev–Trinajstić information content (AvgIpc) is 2.49. The number of methoxy groups -OCH3 is 1. The molecule has 74 valence electrons. The molecule has 0 aliphatic rings. The molecule has 0 unspecified atom stereocenters. The molecule has 0 bridgehead atoms. The molecular formula is C7H6Cl2N4O. The van der Waals surface area contributed by atoms with Gasteiger partial charge in [0.1, 0.15) is 11.0 Å². The van der Waals surface area contributed by atoms with Crippen LogP contribution >= 0.6 is 23.2 Å². The maximum absolute atomic E-state index is 5.82. The molecule has 14 heavy (non-hydrogen) atoms. The fourth-order valence-corrected chi connectivity index (χ4v) is 1.56. The number of nitrogens with zero attached hydrogens (tertiary/aromatic N) is 3. The second-order valence-corrected chi connectivity index (χ2v) is 3.31. The van der Waals surface area contributed by atoms with Crippen LogP contribution in [-0.2, 0) is 11.3 Å². The number of aromatic nitrogens is 4. The molecule has 5 nitrogen and oxygen atoms in total. The number of hydrogen-bond acceptors (Lipinski definition) is 4. The normalized spacial score (nSPS) is 11.1. The van der Waals surface area contributed by atoms with Gasteiger partial charge in [-0.1, -0.05) is 11.6 Å². The monoisotopic (exact) mass is 232 g/mol. The Morgan fingerprint density at radius 2 is 2.07 bits per heavy atom. The van der Waals surface area contributed by atoms with E-state index in [-0.39, 0.29) is 10.4 Å². The summed E-state index contributed by atoms with van der Waals surface area (Å²) < 4.78 is 4.96. The Labute approximate surface area is 89.4 Å². The maximum atomic E-state index is 5.82. The van der Waals surface area contributed by atoms with Crippen molar-refractivity contribution in [2.45, 2.75) is 6.61 Å². The highest BCUT2D eigenvalue weighted by atomic mass is 35.5. The van der Waals surface area contributed by atoms with Crippen molar-refractivity contribution in [2.24, 2.45) is 0 Å². The van der Waals surface area contributed by atoms with Gasteiger partial charge in [-0.05, 0) is 11.6 Å². The minimum Gasteiger partial charge on any atom is -0.378 e. The molecule has 2 aromatic heterocycles. The first-order valence-corrected chi connectivity index (χ1v) is 4.53. The number of halogens is 2. The van der Waals surface area contributed by atoms with Crippen LogP contribution in [0.25, 0.3) is 11.0 Å². The van der Waals surface area contributed by atoms with Gasteiger partial charge in [-0.25, -0.2) is 9.97 Å². The van der Waals surface area contributed by atoms with Gasteiger partial charge >= 0.3 is 0 Å². The van der Waals surface area contributed by atoms with Gasteiger partial charge in [0, 0.05) is 7.11 Å². The van der Waals surface area contributed by atoms with Gasteiger partial charge in [-0.3, -0.25) is 5.10 Å². The van der Waals surface area contributed by atoms with E-state index in [1.165, 1.54) is 0 Å². The van der Waals surface area contributed by atoms with E-state index < -0.39 is 0 Å². The van der Waals surface area contributed by atoms with Crippen molar-refractivity contribution < 1.29 is 4.74 Å². The lowest BCUT2D eigenvalue weighted by atomic mass is 10.3. The van der Waals surface area contributed by atoms with E-state index in [1.54, 1.807) is 7.11 Å². The predicted molar refractivity (Wildman–Crippen MR) is 52.4 cm³/mol. The number of H-pyrrole nitrogens is 1. The van der Waals surface area contributed by atoms with Crippen molar-refractivity contribution in [2.75, 3.05) is 7.11 Å². The van der Waals surface area contributed by atoms with Crippen LogP contribution in [0.4, 0.5) is 0 Å². The van der Waals surface area contributed by atoms with E-state index in [9.17, 15) is 0 Å². The molecule has 2 rings (SSSR count). The smallest absolute Gasteiger partial charge is 0.224 e. The fourth-order valence-electron chi connectivity index (χ4n) is 1.13. The molecule has 0 radical (unpaired) electrons. The van der Waals surface area contributed by atoms with Gasteiger partial charge in [-0.2, -0.15) is 5.10 Å². The molecule has 0 aliphatic carbocycles. The zero-order valence-electron chi connectivity index (χ0n) is 7.21. The Morgan fingerprint density at radius 1 is 1.29 bits per heavy atom. The van der Waals surface area contributed by atoms with Crippen LogP contribution < -0.4 is 0 Å². The summed E-state index contributed by atoms with van der Waals surface area (Å²) in [6.45, 7) is 0.375. The second kappa shape index (κ2) is 3.68. The van der Waals surface area contributed by atoms with Crippen LogP contribution in [0, 0.1) is 0 Å². The van der Waals surface area contributed by atoms with Crippen LogP contribution in [0.15, 0.2) is 0 Å². The van der Waals surface area contributed by atoms with Gasteiger partial charge < -0.3 is 4.74 Å². The summed E-state index contributed by atoms with van der Waals surface area (Å²) in [5.74, 6) is 0. The molecule has 0 aliphatic heterocycles. The third-order valence-electron chi connectivity index (χ3n) is 1.69. The topological polar surface area (TPSA) is 63.7 Å². The minimum atomic E-state index is 0.0984. The fraction of sp³-hybridized carbons (Fsp3) is 0.286. The lowest BCUT2D eigenvalue weighted by molar-refractivity contribution is 0.182. The molecule has 0 saturated carbocycles. The van der Waals surface area contributed by atoms with E-state index in [0.29, 0.717) is 17.6 Å². The number of aromatic amines is 1. The number of hydrogen-bond donors (Lipinski definition) is 1. The summed E-state index contributed by atoms with van der Waals surface area (Å²) in [6, 6.07) is 0. The molecule has 2 heterocycles. The standard InChI is InChI=1S/C7H6Cl2N4O/c1-14-2-3-4-5(13-12-3)6(8)11-7(9)10-4/h2H2,1H3,(H,12,13). The average molecular weight is 233 g/mol. The quantitative estimate of drug-likeness (QED) is 0.634. The number of rotatable bonds is 2. The Balaban J connectivity index is 2.66. The van der Waals surface area contributed by atoms with Gasteiger partial charge in [0.25, 0.3) is 0 Å². The first-order valence-electron chi connectivity index (χ1n) is 3.77. The van der Waals surface area contributed by atoms with Crippen LogP contribution in [-0.4, -0.2) is 27.3 Å². The van der Waals surface area contributed by atoms with E-state index >= 15 is 0 Å². The molecule has 0 fully saturated rings. The van der Waals surface area contributed by atoms with E-state index in [1.807, 2.05) is 0 Å². The zero-order valence-corrected chi connectivity index (χ0v) is 8.72. The van der Waals surface area contributed by atoms with E-state index in [0.717, 1.165) is 5.69 Å². The highest BCUT2D eigenvalue weighted by molar-refractivity contribution is 6.35. The van der Waals surface area contributed by atoms with E-state index in [2.05, 4.69) is 20.2 Å². The zero-order chi connectivity index (χ0) is 10.1. The lowest BCUT2D eigenvalue weighted by Crippen LogP contribution is -1.90. The first kappa shape index (κ1) is 9.64. The van der Waals surface area contributed by atoms with Gasteiger partial charge in [-0.15, -0.1) is 0 Å². The molecule has 0 spiro atoms. The summed E-state index contributed by atoms with van der Waals surface area (Å²) in [5.41, 5.74) is 1.83. The molecule has 2 aromatic rings. The number of nitrogens with one attached hydrogen (secondary N) is 1. The highest BCUT2D eigenvalue weighted by Gasteiger charge is 2.12. The van der Waals surface area contributed by atoms with Crippen LogP contribution in [0.5, 0.6) is 0 Å². The minimum absolute atomic E-state index is 0.0984.